The molecule has 4 heteroatoms. The second-order valence-corrected chi connectivity index (χ2v) is 5.52. The molecule has 4 nitrogen and oxygen atoms in total. The number of hydrogen-bond acceptors (Lipinski definition) is 2. The summed E-state index contributed by atoms with van der Waals surface area (Å²) >= 11 is 0. The fourth-order valence-corrected chi connectivity index (χ4v) is 2.63. The first-order chi connectivity index (χ1) is 8.58. The van der Waals surface area contributed by atoms with Gasteiger partial charge in [-0.25, -0.2) is 0 Å². The summed E-state index contributed by atoms with van der Waals surface area (Å²) in [5.41, 5.74) is 1.59. The van der Waals surface area contributed by atoms with Gasteiger partial charge in [0, 0.05) is 17.8 Å². The third-order valence-corrected chi connectivity index (χ3v) is 3.58. The van der Waals surface area contributed by atoms with Crippen molar-refractivity contribution in [1.82, 2.24) is 15.1 Å². The zero-order valence-corrected chi connectivity index (χ0v) is 11.6. The van der Waals surface area contributed by atoms with Crippen LogP contribution in [-0.2, 0) is 0 Å². The number of aromatic nitrogens is 2. The Bertz CT molecular complexity index is 417. The van der Waals surface area contributed by atoms with Crippen molar-refractivity contribution >= 4 is 5.91 Å². The van der Waals surface area contributed by atoms with Crippen molar-refractivity contribution in [2.45, 2.75) is 65.0 Å². The van der Waals surface area contributed by atoms with Crippen LogP contribution in [0.2, 0.25) is 0 Å². The minimum absolute atomic E-state index is 0.0237. The first-order valence-corrected chi connectivity index (χ1v) is 6.95. The van der Waals surface area contributed by atoms with E-state index in [4.69, 9.17) is 0 Å². The molecule has 0 saturated heterocycles. The van der Waals surface area contributed by atoms with Crippen LogP contribution in [0.1, 0.15) is 68.2 Å². The van der Waals surface area contributed by atoms with E-state index in [-0.39, 0.29) is 5.91 Å². The summed E-state index contributed by atoms with van der Waals surface area (Å²) in [6.07, 6.45) is 5.97. The van der Waals surface area contributed by atoms with Crippen LogP contribution in [0.5, 0.6) is 0 Å². The monoisotopic (exact) mass is 249 g/mol. The fourth-order valence-electron chi connectivity index (χ4n) is 2.63. The van der Waals surface area contributed by atoms with Gasteiger partial charge in [-0.15, -0.1) is 0 Å². The van der Waals surface area contributed by atoms with Crippen LogP contribution in [0.25, 0.3) is 0 Å². The molecule has 18 heavy (non-hydrogen) atoms. The molecule has 0 radical (unpaired) electrons. The van der Waals surface area contributed by atoms with Crippen molar-refractivity contribution in [2.24, 2.45) is 0 Å². The SMILES string of the molecule is Cc1cc(C(=O)NC2CCCCC2)nn1C(C)C. The quantitative estimate of drug-likeness (QED) is 0.895. The van der Waals surface area contributed by atoms with E-state index in [9.17, 15) is 4.79 Å². The Morgan fingerprint density at radius 2 is 2.06 bits per heavy atom. The van der Waals surface area contributed by atoms with Crippen LogP contribution in [0, 0.1) is 6.92 Å². The summed E-state index contributed by atoms with van der Waals surface area (Å²) in [4.78, 5) is 12.1. The molecule has 100 valence electrons. The average molecular weight is 249 g/mol. The number of rotatable bonds is 3. The van der Waals surface area contributed by atoms with Gasteiger partial charge in [0.15, 0.2) is 0 Å². The second-order valence-electron chi connectivity index (χ2n) is 5.52. The molecule has 0 atom stereocenters. The number of hydrogen-bond donors (Lipinski definition) is 1. The van der Waals surface area contributed by atoms with Crippen LogP contribution < -0.4 is 5.32 Å². The lowest BCUT2D eigenvalue weighted by Crippen LogP contribution is -2.36. The minimum atomic E-state index is -0.0237. The molecule has 1 N–H and O–H groups in total. The summed E-state index contributed by atoms with van der Waals surface area (Å²) in [5.74, 6) is -0.0237. The molecule has 1 aliphatic rings. The van der Waals surface area contributed by atoms with E-state index in [0.717, 1.165) is 18.5 Å². The maximum absolute atomic E-state index is 12.1. The number of amides is 1. The highest BCUT2D eigenvalue weighted by Gasteiger charge is 2.19. The van der Waals surface area contributed by atoms with Crippen LogP contribution in [0.4, 0.5) is 0 Å². The van der Waals surface area contributed by atoms with Crippen molar-refractivity contribution in [1.29, 1.82) is 0 Å². The third kappa shape index (κ3) is 2.92. The fraction of sp³-hybridized carbons (Fsp3) is 0.714. The van der Waals surface area contributed by atoms with Crippen LogP contribution in [0.3, 0.4) is 0 Å². The van der Waals surface area contributed by atoms with Crippen molar-refractivity contribution < 1.29 is 4.79 Å². The number of aryl methyl sites for hydroxylation is 1. The standard InChI is InChI=1S/C14H23N3O/c1-10(2)17-11(3)9-13(16-17)14(18)15-12-7-5-4-6-8-12/h9-10,12H,4-8H2,1-3H3,(H,15,18). The predicted octanol–water partition coefficient (Wildman–Crippen LogP) is 2.83. The lowest BCUT2D eigenvalue weighted by molar-refractivity contribution is 0.0921. The van der Waals surface area contributed by atoms with Gasteiger partial charge in [0.2, 0.25) is 0 Å². The predicted molar refractivity (Wildman–Crippen MR) is 71.7 cm³/mol. The highest BCUT2D eigenvalue weighted by Crippen LogP contribution is 2.18. The van der Waals surface area contributed by atoms with Crippen molar-refractivity contribution in [3.8, 4) is 0 Å². The van der Waals surface area contributed by atoms with Gasteiger partial charge in [-0.3, -0.25) is 9.48 Å². The highest BCUT2D eigenvalue weighted by atomic mass is 16.2. The van der Waals surface area contributed by atoms with Crippen molar-refractivity contribution in [3.05, 3.63) is 17.5 Å². The van der Waals surface area contributed by atoms with Crippen LogP contribution in [-0.4, -0.2) is 21.7 Å². The molecular formula is C14H23N3O. The van der Waals surface area contributed by atoms with Gasteiger partial charge in [0.1, 0.15) is 5.69 Å². The van der Waals surface area contributed by atoms with E-state index in [0.29, 0.717) is 17.8 Å². The molecule has 1 amide bonds. The summed E-state index contributed by atoms with van der Waals surface area (Å²) in [7, 11) is 0. The third-order valence-electron chi connectivity index (χ3n) is 3.58. The molecule has 1 fully saturated rings. The Morgan fingerprint density at radius 1 is 1.39 bits per heavy atom. The normalized spacial score (nSPS) is 17.1. The van der Waals surface area contributed by atoms with E-state index in [1.807, 2.05) is 17.7 Å². The van der Waals surface area contributed by atoms with Gasteiger partial charge < -0.3 is 5.32 Å². The van der Waals surface area contributed by atoms with Gasteiger partial charge in [-0.05, 0) is 39.7 Å². The average Bonchev–Trinajstić information content (AvgIpc) is 2.73. The first kappa shape index (κ1) is 13.1. The zero-order chi connectivity index (χ0) is 13.1. The molecule has 2 rings (SSSR count). The molecule has 1 aliphatic carbocycles. The summed E-state index contributed by atoms with van der Waals surface area (Å²) in [5, 5.41) is 7.48. The molecule has 0 unspecified atom stereocenters. The minimum Gasteiger partial charge on any atom is -0.348 e. The number of nitrogens with one attached hydrogen (secondary N) is 1. The van der Waals surface area contributed by atoms with E-state index < -0.39 is 0 Å². The lowest BCUT2D eigenvalue weighted by Gasteiger charge is -2.22. The van der Waals surface area contributed by atoms with Gasteiger partial charge in [0.25, 0.3) is 5.91 Å². The molecular weight excluding hydrogens is 226 g/mol. The molecule has 0 aromatic carbocycles. The zero-order valence-electron chi connectivity index (χ0n) is 11.6. The Kier molecular flexibility index (Phi) is 4.04. The Morgan fingerprint density at radius 3 is 2.61 bits per heavy atom. The van der Waals surface area contributed by atoms with Crippen LogP contribution in [0.15, 0.2) is 6.07 Å². The van der Waals surface area contributed by atoms with Crippen molar-refractivity contribution in [3.63, 3.8) is 0 Å². The number of carbonyl (C=O) groups is 1. The largest absolute Gasteiger partial charge is 0.348 e. The van der Waals surface area contributed by atoms with E-state index in [1.54, 1.807) is 0 Å². The smallest absolute Gasteiger partial charge is 0.272 e. The summed E-state index contributed by atoms with van der Waals surface area (Å²) < 4.78 is 1.90. The molecule has 0 spiro atoms. The van der Waals surface area contributed by atoms with Gasteiger partial charge >= 0.3 is 0 Å². The van der Waals surface area contributed by atoms with Crippen molar-refractivity contribution in [2.75, 3.05) is 0 Å². The Labute approximate surface area is 109 Å². The molecule has 0 bridgehead atoms. The highest BCUT2D eigenvalue weighted by molar-refractivity contribution is 5.92. The topological polar surface area (TPSA) is 46.9 Å². The first-order valence-electron chi connectivity index (χ1n) is 6.95. The number of carbonyl (C=O) groups excluding carboxylic acids is 1. The van der Waals surface area contributed by atoms with E-state index in [1.165, 1.54) is 19.3 Å². The molecule has 1 aromatic heterocycles. The van der Waals surface area contributed by atoms with E-state index >= 15 is 0 Å². The number of nitrogens with zero attached hydrogens (tertiary/aromatic N) is 2. The second kappa shape index (κ2) is 5.55. The maximum atomic E-state index is 12.1. The van der Waals surface area contributed by atoms with Crippen LogP contribution >= 0.6 is 0 Å². The Balaban J connectivity index is 2.02. The van der Waals surface area contributed by atoms with Gasteiger partial charge in [-0.2, -0.15) is 5.10 Å². The van der Waals surface area contributed by atoms with Gasteiger partial charge in [-0.1, -0.05) is 19.3 Å². The molecule has 1 saturated carbocycles. The molecule has 1 aromatic rings. The summed E-state index contributed by atoms with van der Waals surface area (Å²) in [6.45, 7) is 6.13. The molecule has 1 heterocycles. The molecule has 0 aliphatic heterocycles. The maximum Gasteiger partial charge on any atom is 0.272 e. The Hall–Kier alpha value is -1.32. The summed E-state index contributed by atoms with van der Waals surface area (Å²) in [6, 6.07) is 2.51. The lowest BCUT2D eigenvalue weighted by atomic mass is 9.95. The van der Waals surface area contributed by atoms with E-state index in [2.05, 4.69) is 24.3 Å². The van der Waals surface area contributed by atoms with Gasteiger partial charge in [0.05, 0.1) is 0 Å².